The molecule has 0 radical (unpaired) electrons. The Balaban J connectivity index is 1.95. The van der Waals surface area contributed by atoms with Crippen molar-refractivity contribution in [3.8, 4) is 11.1 Å². The van der Waals surface area contributed by atoms with Gasteiger partial charge in [0.15, 0.2) is 11.5 Å². The molecule has 1 amide bonds. The number of aliphatic imine (C=N–C) groups is 1. The van der Waals surface area contributed by atoms with Crippen LogP contribution in [0.2, 0.25) is 0 Å². The van der Waals surface area contributed by atoms with Crippen LogP contribution in [0.3, 0.4) is 0 Å². The largest absolute Gasteiger partial charge is 0.369 e. The fourth-order valence-electron chi connectivity index (χ4n) is 3.40. The maximum absolute atomic E-state index is 13.3. The molecule has 0 bridgehead atoms. The summed E-state index contributed by atoms with van der Waals surface area (Å²) in [7, 11) is 1.57. The molecule has 2 N–H and O–H groups in total. The molecule has 0 fully saturated rings. The number of carbonyl (C=O) groups excluding carboxylic acids is 1. The highest BCUT2D eigenvalue weighted by Crippen LogP contribution is 2.40. The van der Waals surface area contributed by atoms with Gasteiger partial charge in [0.05, 0.1) is 0 Å². The molecule has 6 nitrogen and oxygen atoms in total. The van der Waals surface area contributed by atoms with Crippen molar-refractivity contribution in [2.45, 2.75) is 12.2 Å². The van der Waals surface area contributed by atoms with Gasteiger partial charge in [0.2, 0.25) is 0 Å². The predicted octanol–water partition coefficient (Wildman–Crippen LogP) is 2.64. The molecular weight excluding hydrogens is 357 g/mol. The molecule has 28 heavy (non-hydrogen) atoms. The van der Waals surface area contributed by atoms with E-state index < -0.39 is 12.2 Å². The van der Waals surface area contributed by atoms with E-state index in [0.717, 1.165) is 11.1 Å². The first-order valence-electron chi connectivity index (χ1n) is 8.71. The Kier molecular flexibility index (Phi) is 4.35. The molecule has 1 aliphatic heterocycles. The van der Waals surface area contributed by atoms with Crippen molar-refractivity contribution in [3.05, 3.63) is 83.9 Å². The summed E-state index contributed by atoms with van der Waals surface area (Å²) in [5.74, 6) is -0.214. The third-order valence-electron chi connectivity index (χ3n) is 4.88. The number of hydrogen-bond acceptors (Lipinski definition) is 5. The fraction of sp³-hybridized carbons (Fsp3) is 0.143. The maximum atomic E-state index is 13.3. The normalized spacial score (nSPS) is 19.0. The van der Waals surface area contributed by atoms with Gasteiger partial charge in [0.1, 0.15) is 6.67 Å². The maximum Gasteiger partial charge on any atom is 0.266 e. The Morgan fingerprint density at radius 3 is 2.54 bits per heavy atom. The molecular formula is C21H18FN5O. The lowest BCUT2D eigenvalue weighted by atomic mass is 9.82. The fourth-order valence-corrected chi connectivity index (χ4v) is 3.40. The Hall–Kier alpha value is -3.61. The van der Waals surface area contributed by atoms with Crippen LogP contribution in [-0.2, 0) is 17.0 Å². The van der Waals surface area contributed by atoms with Gasteiger partial charge in [-0.15, -0.1) is 0 Å². The molecule has 0 saturated heterocycles. The molecule has 2 aromatic heterocycles. The van der Waals surface area contributed by atoms with Gasteiger partial charge in [0.25, 0.3) is 5.91 Å². The molecule has 4 rings (SSSR count). The third-order valence-corrected chi connectivity index (χ3v) is 4.88. The number of benzene rings is 1. The summed E-state index contributed by atoms with van der Waals surface area (Å²) in [5.41, 5.74) is 7.85. The van der Waals surface area contributed by atoms with Crippen LogP contribution in [0.25, 0.3) is 11.1 Å². The SMILES string of the molecule is CN1C(=O)C(c2cncc(CF)c2)(c2cccc(-c3cccnc3)c2)N=C1N. The number of hydrogen-bond donors (Lipinski definition) is 1. The number of amides is 1. The van der Waals surface area contributed by atoms with E-state index in [0.29, 0.717) is 16.7 Å². The molecule has 1 atom stereocenters. The molecule has 3 heterocycles. The van der Waals surface area contributed by atoms with Crippen molar-refractivity contribution in [3.63, 3.8) is 0 Å². The molecule has 7 heteroatoms. The van der Waals surface area contributed by atoms with Gasteiger partial charge in [-0.1, -0.05) is 24.3 Å². The van der Waals surface area contributed by atoms with E-state index in [1.165, 1.54) is 17.3 Å². The van der Waals surface area contributed by atoms with Crippen molar-refractivity contribution < 1.29 is 9.18 Å². The molecule has 140 valence electrons. The highest BCUT2D eigenvalue weighted by Gasteiger charge is 2.49. The average molecular weight is 375 g/mol. The van der Waals surface area contributed by atoms with Crippen LogP contribution in [0.1, 0.15) is 16.7 Å². The highest BCUT2D eigenvalue weighted by molar-refractivity contribution is 6.09. The lowest BCUT2D eigenvalue weighted by Gasteiger charge is -2.26. The smallest absolute Gasteiger partial charge is 0.266 e. The highest BCUT2D eigenvalue weighted by atomic mass is 19.1. The van der Waals surface area contributed by atoms with Crippen LogP contribution < -0.4 is 5.73 Å². The minimum atomic E-state index is -1.41. The Bertz CT molecular complexity index is 1070. The van der Waals surface area contributed by atoms with Crippen molar-refractivity contribution >= 4 is 11.9 Å². The van der Waals surface area contributed by atoms with Crippen LogP contribution in [0.5, 0.6) is 0 Å². The van der Waals surface area contributed by atoms with Gasteiger partial charge in [-0.3, -0.25) is 19.7 Å². The number of carbonyl (C=O) groups is 1. The summed E-state index contributed by atoms with van der Waals surface area (Å²) in [4.78, 5) is 27.4. The summed E-state index contributed by atoms with van der Waals surface area (Å²) in [6, 6.07) is 12.9. The van der Waals surface area contributed by atoms with E-state index in [9.17, 15) is 9.18 Å². The van der Waals surface area contributed by atoms with Crippen molar-refractivity contribution in [1.82, 2.24) is 14.9 Å². The second-order valence-corrected chi connectivity index (χ2v) is 6.58. The number of aromatic nitrogens is 2. The number of likely N-dealkylation sites (N-methyl/N-ethyl adjacent to an activating group) is 1. The summed E-state index contributed by atoms with van der Waals surface area (Å²) < 4.78 is 13.3. The second-order valence-electron chi connectivity index (χ2n) is 6.58. The number of nitrogens with two attached hydrogens (primary N) is 1. The van der Waals surface area contributed by atoms with Crippen LogP contribution in [0.15, 0.2) is 72.2 Å². The average Bonchev–Trinajstić information content (AvgIpc) is 2.99. The molecule has 0 aliphatic carbocycles. The number of guanidine groups is 1. The lowest BCUT2D eigenvalue weighted by Crippen LogP contribution is -2.41. The molecule has 1 unspecified atom stereocenters. The van der Waals surface area contributed by atoms with Crippen molar-refractivity contribution in [2.75, 3.05) is 7.05 Å². The molecule has 3 aromatic rings. The molecule has 0 saturated carbocycles. The monoisotopic (exact) mass is 375 g/mol. The van der Waals surface area contributed by atoms with Crippen LogP contribution >= 0.6 is 0 Å². The first kappa shape index (κ1) is 17.8. The van der Waals surface area contributed by atoms with E-state index >= 15 is 0 Å². The summed E-state index contributed by atoms with van der Waals surface area (Å²) in [6.45, 7) is -0.685. The first-order valence-corrected chi connectivity index (χ1v) is 8.71. The first-order chi connectivity index (χ1) is 13.6. The zero-order valence-corrected chi connectivity index (χ0v) is 15.2. The molecule has 1 aromatic carbocycles. The summed E-state index contributed by atoms with van der Waals surface area (Å²) in [5, 5.41) is 0. The topological polar surface area (TPSA) is 84.5 Å². The number of rotatable bonds is 4. The van der Waals surface area contributed by atoms with E-state index in [-0.39, 0.29) is 11.9 Å². The van der Waals surface area contributed by atoms with Gasteiger partial charge in [0, 0.05) is 43.0 Å². The molecule has 0 spiro atoms. The number of pyridine rings is 2. The minimum absolute atomic E-state index is 0.0995. The van der Waals surface area contributed by atoms with Gasteiger partial charge in [-0.25, -0.2) is 9.38 Å². The summed E-state index contributed by atoms with van der Waals surface area (Å²) >= 11 is 0. The van der Waals surface area contributed by atoms with E-state index in [2.05, 4.69) is 15.0 Å². The van der Waals surface area contributed by atoms with Crippen molar-refractivity contribution in [2.24, 2.45) is 10.7 Å². The van der Waals surface area contributed by atoms with Gasteiger partial charge >= 0.3 is 0 Å². The standard InChI is InChI=1S/C21H18FN5O/c1-27-19(28)21(26-20(27)23,18-8-14(10-22)11-25-13-18)17-6-2-4-15(9-17)16-5-3-7-24-12-16/h2-9,11-13H,10H2,1H3,(H2,23,26). The summed E-state index contributed by atoms with van der Waals surface area (Å²) in [6.07, 6.45) is 6.41. The number of halogens is 1. The van der Waals surface area contributed by atoms with Gasteiger partial charge in [-0.2, -0.15) is 0 Å². The predicted molar refractivity (Wildman–Crippen MR) is 104 cm³/mol. The van der Waals surface area contributed by atoms with Gasteiger partial charge < -0.3 is 5.73 Å². The quantitative estimate of drug-likeness (QED) is 0.760. The van der Waals surface area contributed by atoms with Gasteiger partial charge in [-0.05, 0) is 34.9 Å². The second kappa shape index (κ2) is 6.84. The van der Waals surface area contributed by atoms with Crippen molar-refractivity contribution in [1.29, 1.82) is 0 Å². The van der Waals surface area contributed by atoms with E-state index in [4.69, 9.17) is 5.73 Å². The zero-order chi connectivity index (χ0) is 19.7. The Morgan fingerprint density at radius 2 is 1.86 bits per heavy atom. The minimum Gasteiger partial charge on any atom is -0.369 e. The Morgan fingerprint density at radius 1 is 1.04 bits per heavy atom. The number of nitrogens with zero attached hydrogens (tertiary/aromatic N) is 4. The van der Waals surface area contributed by atoms with Crippen LogP contribution in [0.4, 0.5) is 4.39 Å². The van der Waals surface area contributed by atoms with Crippen LogP contribution in [-0.4, -0.2) is 33.8 Å². The zero-order valence-electron chi connectivity index (χ0n) is 15.2. The lowest BCUT2D eigenvalue weighted by molar-refractivity contribution is -0.129. The van der Waals surface area contributed by atoms with Crippen LogP contribution in [0, 0.1) is 0 Å². The molecule has 1 aliphatic rings. The Labute approximate surface area is 161 Å². The number of alkyl halides is 1. The third kappa shape index (κ3) is 2.72. The van der Waals surface area contributed by atoms with E-state index in [1.54, 1.807) is 25.5 Å². The van der Waals surface area contributed by atoms with E-state index in [1.807, 2.05) is 36.4 Å².